The number of hydrogen-bond acceptors (Lipinski definition) is 2. The Kier molecular flexibility index (Phi) is 6.00. The highest BCUT2D eigenvalue weighted by atomic mass is 16.5. The average Bonchev–Trinajstić information content (AvgIpc) is 2.35. The molecule has 110 valence electrons. The van der Waals surface area contributed by atoms with E-state index in [4.69, 9.17) is 4.74 Å². The molecule has 0 spiro atoms. The quantitative estimate of drug-likeness (QED) is 0.725. The van der Waals surface area contributed by atoms with Gasteiger partial charge in [0.05, 0.1) is 0 Å². The van der Waals surface area contributed by atoms with Crippen LogP contribution in [0.25, 0.3) is 6.08 Å². The Morgan fingerprint density at radius 1 is 1.30 bits per heavy atom. The van der Waals surface area contributed by atoms with Crippen molar-refractivity contribution in [2.45, 2.75) is 52.9 Å². The number of rotatable bonds is 5. The highest BCUT2D eigenvalue weighted by Crippen LogP contribution is 2.24. The molecule has 0 aliphatic heterocycles. The molecule has 0 N–H and O–H groups in total. The molecule has 0 bridgehead atoms. The van der Waals surface area contributed by atoms with Crippen LogP contribution in [0, 0.1) is 0 Å². The maximum atomic E-state index is 10.9. The smallest absolute Gasteiger partial charge is 0.302 e. The van der Waals surface area contributed by atoms with Gasteiger partial charge in [0.15, 0.2) is 0 Å². The molecule has 0 amide bonds. The molecule has 1 aromatic rings. The Morgan fingerprint density at radius 2 is 2.00 bits per heavy atom. The first-order valence-corrected chi connectivity index (χ1v) is 7.26. The fourth-order valence-electron chi connectivity index (χ4n) is 2.03. The summed E-state index contributed by atoms with van der Waals surface area (Å²) in [5.41, 5.74) is 3.79. The van der Waals surface area contributed by atoms with E-state index in [1.54, 1.807) is 0 Å². The Balaban J connectivity index is 2.95. The summed E-state index contributed by atoms with van der Waals surface area (Å²) in [5.74, 6) is -0.226. The lowest BCUT2D eigenvalue weighted by molar-refractivity contribution is -0.140. The Hall–Kier alpha value is -1.57. The lowest BCUT2D eigenvalue weighted by Gasteiger charge is -2.19. The zero-order valence-corrected chi connectivity index (χ0v) is 13.3. The van der Waals surface area contributed by atoms with E-state index in [-0.39, 0.29) is 11.4 Å². The fraction of sp³-hybridized carbons (Fsp3) is 0.500. The number of carbonyl (C=O) groups is 1. The van der Waals surface area contributed by atoms with Gasteiger partial charge >= 0.3 is 5.97 Å². The molecule has 20 heavy (non-hydrogen) atoms. The van der Waals surface area contributed by atoms with Crippen LogP contribution < -0.4 is 0 Å². The van der Waals surface area contributed by atoms with Crippen molar-refractivity contribution >= 4 is 12.0 Å². The summed E-state index contributed by atoms with van der Waals surface area (Å²) in [6, 6.07) is 8.55. The summed E-state index contributed by atoms with van der Waals surface area (Å²) in [6.07, 6.45) is 4.14. The van der Waals surface area contributed by atoms with Gasteiger partial charge in [-0.15, -0.1) is 0 Å². The van der Waals surface area contributed by atoms with E-state index >= 15 is 0 Å². The SMILES string of the molecule is CCCC(=Cc1cccc(C(C)(C)C)c1)COC(C)=O. The van der Waals surface area contributed by atoms with Gasteiger partial charge in [-0.3, -0.25) is 4.79 Å². The standard InChI is InChI=1S/C18H26O2/c1-6-8-16(13-20-14(2)19)11-15-9-7-10-17(12-15)18(3,4)5/h7,9-12H,6,8,13H2,1-5H3. The number of ether oxygens (including phenoxy) is 1. The van der Waals surface area contributed by atoms with E-state index in [0.29, 0.717) is 6.61 Å². The van der Waals surface area contributed by atoms with Crippen molar-refractivity contribution in [3.63, 3.8) is 0 Å². The van der Waals surface area contributed by atoms with E-state index in [2.05, 4.69) is 58.0 Å². The third-order valence-corrected chi connectivity index (χ3v) is 3.16. The largest absolute Gasteiger partial charge is 0.461 e. The molecule has 1 aromatic carbocycles. The van der Waals surface area contributed by atoms with Crippen LogP contribution in [-0.2, 0) is 14.9 Å². The van der Waals surface area contributed by atoms with Crippen molar-refractivity contribution in [3.8, 4) is 0 Å². The topological polar surface area (TPSA) is 26.3 Å². The minimum atomic E-state index is -0.226. The number of benzene rings is 1. The van der Waals surface area contributed by atoms with Crippen molar-refractivity contribution in [1.82, 2.24) is 0 Å². The van der Waals surface area contributed by atoms with Crippen LogP contribution >= 0.6 is 0 Å². The second kappa shape index (κ2) is 7.28. The van der Waals surface area contributed by atoms with E-state index < -0.39 is 0 Å². The van der Waals surface area contributed by atoms with E-state index in [0.717, 1.165) is 18.4 Å². The minimum Gasteiger partial charge on any atom is -0.461 e. The lowest BCUT2D eigenvalue weighted by atomic mass is 9.86. The molecule has 0 atom stereocenters. The number of esters is 1. The number of carbonyl (C=O) groups excluding carboxylic acids is 1. The highest BCUT2D eigenvalue weighted by Gasteiger charge is 2.13. The highest BCUT2D eigenvalue weighted by molar-refractivity contribution is 5.66. The second-order valence-corrected chi connectivity index (χ2v) is 6.21. The van der Waals surface area contributed by atoms with Crippen LogP contribution in [0.5, 0.6) is 0 Å². The van der Waals surface area contributed by atoms with Crippen molar-refractivity contribution in [2.75, 3.05) is 6.61 Å². The van der Waals surface area contributed by atoms with Crippen LogP contribution in [0.1, 0.15) is 58.6 Å². The molecule has 0 radical (unpaired) electrons. The third kappa shape index (κ3) is 5.60. The van der Waals surface area contributed by atoms with Gasteiger partial charge in [0.1, 0.15) is 6.61 Å². The zero-order chi connectivity index (χ0) is 15.2. The molecule has 0 saturated heterocycles. The molecule has 0 heterocycles. The van der Waals surface area contributed by atoms with Gasteiger partial charge in [0.25, 0.3) is 0 Å². The molecular formula is C18H26O2. The summed E-state index contributed by atoms with van der Waals surface area (Å²) in [4.78, 5) is 10.9. The van der Waals surface area contributed by atoms with Crippen LogP contribution in [0.2, 0.25) is 0 Å². The molecule has 2 nitrogen and oxygen atoms in total. The molecular weight excluding hydrogens is 248 g/mol. The van der Waals surface area contributed by atoms with Crippen LogP contribution in [0.4, 0.5) is 0 Å². The van der Waals surface area contributed by atoms with Crippen LogP contribution in [-0.4, -0.2) is 12.6 Å². The minimum absolute atomic E-state index is 0.144. The van der Waals surface area contributed by atoms with Crippen molar-refractivity contribution in [1.29, 1.82) is 0 Å². The second-order valence-electron chi connectivity index (χ2n) is 6.21. The predicted octanol–water partition coefficient (Wildman–Crippen LogP) is 4.73. The van der Waals surface area contributed by atoms with Crippen molar-refractivity contribution in [2.24, 2.45) is 0 Å². The van der Waals surface area contributed by atoms with Gasteiger partial charge in [-0.2, -0.15) is 0 Å². The summed E-state index contributed by atoms with van der Waals surface area (Å²) in [5, 5.41) is 0. The maximum Gasteiger partial charge on any atom is 0.302 e. The van der Waals surface area contributed by atoms with Crippen molar-refractivity contribution in [3.05, 3.63) is 41.0 Å². The summed E-state index contributed by atoms with van der Waals surface area (Å²) < 4.78 is 5.12. The van der Waals surface area contributed by atoms with Crippen LogP contribution in [0.3, 0.4) is 0 Å². The molecule has 0 saturated carbocycles. The zero-order valence-electron chi connectivity index (χ0n) is 13.3. The van der Waals surface area contributed by atoms with Crippen molar-refractivity contribution < 1.29 is 9.53 Å². The molecule has 0 unspecified atom stereocenters. The molecule has 0 fully saturated rings. The Morgan fingerprint density at radius 3 is 2.55 bits per heavy atom. The van der Waals surface area contributed by atoms with E-state index in [1.807, 2.05) is 0 Å². The summed E-state index contributed by atoms with van der Waals surface area (Å²) in [6.45, 7) is 10.6. The monoisotopic (exact) mass is 274 g/mol. The molecule has 0 aliphatic rings. The van der Waals surface area contributed by atoms with Gasteiger partial charge < -0.3 is 4.74 Å². The Labute approximate surface area is 122 Å². The van der Waals surface area contributed by atoms with Gasteiger partial charge in [-0.25, -0.2) is 0 Å². The van der Waals surface area contributed by atoms with Gasteiger partial charge in [-0.05, 0) is 28.5 Å². The van der Waals surface area contributed by atoms with E-state index in [9.17, 15) is 4.79 Å². The lowest BCUT2D eigenvalue weighted by Crippen LogP contribution is -2.10. The number of hydrogen-bond donors (Lipinski definition) is 0. The first-order chi connectivity index (χ1) is 9.32. The van der Waals surface area contributed by atoms with E-state index in [1.165, 1.54) is 18.1 Å². The first-order valence-electron chi connectivity index (χ1n) is 7.26. The summed E-state index contributed by atoms with van der Waals surface area (Å²) >= 11 is 0. The van der Waals surface area contributed by atoms with Gasteiger partial charge in [0.2, 0.25) is 0 Å². The third-order valence-electron chi connectivity index (χ3n) is 3.16. The van der Waals surface area contributed by atoms with Crippen LogP contribution in [0.15, 0.2) is 29.8 Å². The fourth-order valence-corrected chi connectivity index (χ4v) is 2.03. The normalized spacial score (nSPS) is 12.3. The van der Waals surface area contributed by atoms with Gasteiger partial charge in [0, 0.05) is 6.92 Å². The Bertz CT molecular complexity index is 478. The maximum absolute atomic E-state index is 10.9. The predicted molar refractivity (Wildman–Crippen MR) is 84.7 cm³/mol. The molecule has 0 aliphatic carbocycles. The molecule has 1 rings (SSSR count). The first kappa shape index (κ1) is 16.5. The average molecular weight is 274 g/mol. The molecule has 0 aromatic heterocycles. The van der Waals surface area contributed by atoms with Gasteiger partial charge in [-0.1, -0.05) is 64.5 Å². The molecule has 2 heteroatoms. The summed E-state index contributed by atoms with van der Waals surface area (Å²) in [7, 11) is 0.